The molecule has 0 amide bonds. The fourth-order valence-corrected chi connectivity index (χ4v) is 0.804. The van der Waals surface area contributed by atoms with Crippen molar-refractivity contribution in [1.29, 1.82) is 0 Å². The third kappa shape index (κ3) is 2.14. The van der Waals surface area contributed by atoms with Crippen molar-refractivity contribution in [2.75, 3.05) is 0 Å². The normalized spacial score (nSPS) is 8.60. The largest absolute Gasteiger partial charge is 1.00 e. The van der Waals surface area contributed by atoms with E-state index in [-0.39, 0.29) is 18.9 Å². The van der Waals surface area contributed by atoms with E-state index in [1.807, 2.05) is 6.07 Å². The van der Waals surface area contributed by atoms with Gasteiger partial charge < -0.3 is 0 Å². The van der Waals surface area contributed by atoms with E-state index in [9.17, 15) is 0 Å². The van der Waals surface area contributed by atoms with Crippen molar-refractivity contribution in [3.63, 3.8) is 0 Å². The van der Waals surface area contributed by atoms with Gasteiger partial charge in [-0.3, -0.25) is 0 Å². The molecule has 1 rings (SSSR count). The van der Waals surface area contributed by atoms with Gasteiger partial charge in [0.2, 0.25) is 0 Å². The summed E-state index contributed by atoms with van der Waals surface area (Å²) in [5, 5.41) is 0. The summed E-state index contributed by atoms with van der Waals surface area (Å²) >= 11 is 0. The minimum atomic E-state index is 0. The van der Waals surface area contributed by atoms with Crippen LogP contribution in [0.2, 0.25) is 0 Å². The molecule has 0 aromatic heterocycles. The minimum absolute atomic E-state index is 0. The first-order chi connectivity index (χ1) is 4.20. The van der Waals surface area contributed by atoms with Crippen molar-refractivity contribution >= 4 is 0 Å². The van der Waals surface area contributed by atoms with Gasteiger partial charge in [0.25, 0.3) is 0 Å². The predicted molar refractivity (Wildman–Crippen MR) is 40.4 cm³/mol. The van der Waals surface area contributed by atoms with Crippen LogP contribution in [0.4, 0.5) is 0 Å². The maximum absolute atomic E-state index is 3.82. The van der Waals surface area contributed by atoms with Gasteiger partial charge in [-0.25, -0.2) is 0 Å². The number of rotatable bonds is 0. The SMILES string of the molecule is [CH2-]c1ccc(C)c(C)c1.[Li+]. The summed E-state index contributed by atoms with van der Waals surface area (Å²) in [5.41, 5.74) is 3.75. The van der Waals surface area contributed by atoms with E-state index in [1.54, 1.807) is 0 Å². The molecule has 1 aromatic carbocycles. The van der Waals surface area contributed by atoms with Crippen molar-refractivity contribution < 1.29 is 18.9 Å². The molecule has 0 fully saturated rings. The summed E-state index contributed by atoms with van der Waals surface area (Å²) < 4.78 is 0. The summed E-state index contributed by atoms with van der Waals surface area (Å²) in [6.07, 6.45) is 0. The second-order valence-corrected chi connectivity index (χ2v) is 2.42. The molecule has 0 unspecified atom stereocenters. The van der Waals surface area contributed by atoms with Crippen LogP contribution in [-0.4, -0.2) is 0 Å². The summed E-state index contributed by atoms with van der Waals surface area (Å²) in [7, 11) is 0. The summed E-state index contributed by atoms with van der Waals surface area (Å²) in [4.78, 5) is 0. The Labute approximate surface area is 74.8 Å². The van der Waals surface area contributed by atoms with Crippen LogP contribution in [0.25, 0.3) is 0 Å². The van der Waals surface area contributed by atoms with Crippen molar-refractivity contribution in [2.45, 2.75) is 13.8 Å². The molecule has 0 heterocycles. The topological polar surface area (TPSA) is 0 Å². The molecule has 0 nitrogen and oxygen atoms in total. The second kappa shape index (κ2) is 3.76. The molecule has 0 saturated heterocycles. The van der Waals surface area contributed by atoms with Gasteiger partial charge in [-0.05, 0) is 6.92 Å². The van der Waals surface area contributed by atoms with E-state index >= 15 is 0 Å². The van der Waals surface area contributed by atoms with Crippen molar-refractivity contribution in [3.8, 4) is 0 Å². The molecule has 1 aromatic rings. The molecule has 0 aliphatic carbocycles. The molecule has 0 saturated carbocycles. The predicted octanol–water partition coefficient (Wildman–Crippen LogP) is -0.510. The van der Waals surface area contributed by atoms with Gasteiger partial charge in [-0.15, -0.1) is 11.6 Å². The summed E-state index contributed by atoms with van der Waals surface area (Å²) in [6, 6.07) is 6.22. The average Bonchev–Trinajstić information content (AvgIpc) is 1.80. The van der Waals surface area contributed by atoms with Gasteiger partial charge in [0.1, 0.15) is 0 Å². The van der Waals surface area contributed by atoms with E-state index in [0.717, 1.165) is 5.56 Å². The third-order valence-corrected chi connectivity index (χ3v) is 1.57. The fourth-order valence-electron chi connectivity index (χ4n) is 0.804. The molecule has 0 aliphatic heterocycles. The van der Waals surface area contributed by atoms with Crippen molar-refractivity contribution in [1.82, 2.24) is 0 Å². The zero-order chi connectivity index (χ0) is 6.85. The molecule has 1 heteroatoms. The van der Waals surface area contributed by atoms with E-state index in [4.69, 9.17) is 0 Å². The maximum Gasteiger partial charge on any atom is 1.00 e. The van der Waals surface area contributed by atoms with Crippen molar-refractivity contribution in [3.05, 3.63) is 41.8 Å². The van der Waals surface area contributed by atoms with E-state index in [0.29, 0.717) is 0 Å². The van der Waals surface area contributed by atoms with Gasteiger partial charge in [0.15, 0.2) is 0 Å². The smallest absolute Gasteiger partial charge is 0.199 e. The Hall–Kier alpha value is -0.313. The molecule has 10 heavy (non-hydrogen) atoms. The first-order valence-electron chi connectivity index (χ1n) is 3.09. The van der Waals surface area contributed by atoms with Crippen LogP contribution >= 0.6 is 0 Å². The van der Waals surface area contributed by atoms with Crippen molar-refractivity contribution in [2.24, 2.45) is 0 Å². The molecule has 0 N–H and O–H groups in total. The zero-order valence-electron chi connectivity index (χ0n) is 6.94. The Bertz CT molecular complexity index is 216. The monoisotopic (exact) mass is 126 g/mol. The van der Waals surface area contributed by atoms with Gasteiger partial charge in [-0.1, -0.05) is 12.5 Å². The molecule has 0 bridgehead atoms. The van der Waals surface area contributed by atoms with Crippen LogP contribution in [-0.2, 0) is 0 Å². The molecule has 48 valence electrons. The Morgan fingerprint density at radius 3 is 2.10 bits per heavy atom. The Morgan fingerprint density at radius 2 is 1.70 bits per heavy atom. The third-order valence-electron chi connectivity index (χ3n) is 1.57. The van der Waals surface area contributed by atoms with Gasteiger partial charge in [0, 0.05) is 0 Å². The van der Waals surface area contributed by atoms with Crippen LogP contribution in [0, 0.1) is 20.8 Å². The van der Waals surface area contributed by atoms with Crippen LogP contribution < -0.4 is 18.9 Å². The van der Waals surface area contributed by atoms with Crippen LogP contribution in [0.1, 0.15) is 16.7 Å². The van der Waals surface area contributed by atoms with Crippen LogP contribution in [0.5, 0.6) is 0 Å². The first kappa shape index (κ1) is 9.69. The Kier molecular flexibility index (Phi) is 3.64. The molecule has 0 atom stereocenters. The zero-order valence-corrected chi connectivity index (χ0v) is 6.94. The van der Waals surface area contributed by atoms with E-state index in [2.05, 4.69) is 32.9 Å². The standard InChI is InChI=1S/C9H11.Li/c1-7-4-5-8(2)9(3)6-7;/h4-6H,1H2,2-3H3;/q-1;+1. The summed E-state index contributed by atoms with van der Waals surface area (Å²) in [6.45, 7) is 8.03. The van der Waals surface area contributed by atoms with Gasteiger partial charge >= 0.3 is 18.9 Å². The van der Waals surface area contributed by atoms with Gasteiger partial charge in [-0.2, -0.15) is 24.6 Å². The molecule has 0 spiro atoms. The molecular weight excluding hydrogens is 115 g/mol. The van der Waals surface area contributed by atoms with Crippen LogP contribution in [0.3, 0.4) is 0 Å². The average molecular weight is 126 g/mol. The molecule has 0 radical (unpaired) electrons. The first-order valence-corrected chi connectivity index (χ1v) is 3.09. The number of hydrogen-bond donors (Lipinski definition) is 0. The number of benzene rings is 1. The fraction of sp³-hybridized carbons (Fsp3) is 0.222. The summed E-state index contributed by atoms with van der Waals surface area (Å²) in [5.74, 6) is 0. The molecular formula is C9H11Li. The second-order valence-electron chi connectivity index (χ2n) is 2.42. The molecule has 0 aliphatic rings. The van der Waals surface area contributed by atoms with E-state index < -0.39 is 0 Å². The van der Waals surface area contributed by atoms with E-state index in [1.165, 1.54) is 11.1 Å². The van der Waals surface area contributed by atoms with Gasteiger partial charge in [0.05, 0.1) is 0 Å². The minimum Gasteiger partial charge on any atom is -0.199 e. The Balaban J connectivity index is 0.000000810. The number of aryl methyl sites for hydroxylation is 2. The Morgan fingerprint density at radius 1 is 1.10 bits per heavy atom. The number of hydrogen-bond acceptors (Lipinski definition) is 0. The maximum atomic E-state index is 3.82. The quantitative estimate of drug-likeness (QED) is 0.324. The van der Waals surface area contributed by atoms with Crippen LogP contribution in [0.15, 0.2) is 18.2 Å².